The van der Waals surface area contributed by atoms with E-state index < -0.39 is 4.92 Å². The molecule has 0 spiro atoms. The Kier molecular flexibility index (Phi) is 6.11. The Bertz CT molecular complexity index is 871. The molecule has 2 heterocycles. The van der Waals surface area contributed by atoms with Crippen molar-refractivity contribution in [2.75, 3.05) is 31.1 Å². The molecule has 2 fully saturated rings. The number of aromatic nitrogens is 1. The Morgan fingerprint density at radius 1 is 1.00 bits per heavy atom. The molecule has 0 bridgehead atoms. The first-order chi connectivity index (χ1) is 14.6. The van der Waals surface area contributed by atoms with Crippen LogP contribution in [-0.2, 0) is 0 Å². The van der Waals surface area contributed by atoms with Gasteiger partial charge in [0, 0.05) is 37.8 Å². The molecule has 30 heavy (non-hydrogen) atoms. The van der Waals surface area contributed by atoms with Crippen LogP contribution in [0.3, 0.4) is 0 Å². The largest absolute Gasteiger partial charge is 0.490 e. The Balaban J connectivity index is 1.30. The van der Waals surface area contributed by atoms with Crippen molar-refractivity contribution in [3.05, 3.63) is 58.3 Å². The maximum Gasteiger partial charge on any atom is 0.287 e. The van der Waals surface area contributed by atoms with Crippen molar-refractivity contribution in [2.24, 2.45) is 0 Å². The monoisotopic (exact) mass is 410 g/mol. The van der Waals surface area contributed by atoms with E-state index in [0.717, 1.165) is 18.6 Å². The molecule has 0 unspecified atom stereocenters. The number of anilines is 1. The summed E-state index contributed by atoms with van der Waals surface area (Å²) in [5.74, 6) is 1.53. The van der Waals surface area contributed by atoms with Crippen LogP contribution in [0.25, 0.3) is 0 Å². The highest BCUT2D eigenvalue weighted by Gasteiger charge is 2.23. The molecule has 1 saturated carbocycles. The number of piperazine rings is 1. The van der Waals surface area contributed by atoms with Crippen LogP contribution < -0.4 is 9.64 Å². The number of amides is 1. The summed E-state index contributed by atoms with van der Waals surface area (Å²) in [6.07, 6.45) is 7.51. The van der Waals surface area contributed by atoms with Gasteiger partial charge in [-0.25, -0.2) is 4.98 Å². The maximum absolute atomic E-state index is 12.8. The van der Waals surface area contributed by atoms with Gasteiger partial charge in [0.1, 0.15) is 17.8 Å². The zero-order valence-corrected chi connectivity index (χ0v) is 16.9. The minimum atomic E-state index is -0.459. The Morgan fingerprint density at radius 3 is 2.30 bits per heavy atom. The van der Waals surface area contributed by atoms with Crippen molar-refractivity contribution in [3.8, 4) is 5.75 Å². The third kappa shape index (κ3) is 4.69. The molecule has 4 rings (SSSR count). The van der Waals surface area contributed by atoms with Gasteiger partial charge in [-0.2, -0.15) is 0 Å². The second-order valence-electron chi connectivity index (χ2n) is 7.81. The summed E-state index contributed by atoms with van der Waals surface area (Å²) in [4.78, 5) is 31.2. The van der Waals surface area contributed by atoms with Crippen LogP contribution in [0.5, 0.6) is 5.75 Å². The predicted molar refractivity (Wildman–Crippen MR) is 113 cm³/mol. The summed E-state index contributed by atoms with van der Waals surface area (Å²) in [6.45, 7) is 2.44. The minimum Gasteiger partial charge on any atom is -0.490 e. The van der Waals surface area contributed by atoms with E-state index in [2.05, 4.69) is 4.98 Å². The summed E-state index contributed by atoms with van der Waals surface area (Å²) in [5.41, 5.74) is 0.636. The SMILES string of the molecule is O=C(c1ccc(OC2CCCCC2)cc1)N1CCN(c2ccc([N+](=O)[O-])cn2)CC1. The molecule has 0 atom stereocenters. The quantitative estimate of drug-likeness (QED) is 0.552. The minimum absolute atomic E-state index is 0.00975. The molecule has 2 aliphatic rings. The topological polar surface area (TPSA) is 88.8 Å². The Labute approximate surface area is 175 Å². The van der Waals surface area contributed by atoms with Crippen molar-refractivity contribution in [3.63, 3.8) is 0 Å². The first-order valence-electron chi connectivity index (χ1n) is 10.5. The molecule has 1 aliphatic carbocycles. The zero-order valence-electron chi connectivity index (χ0n) is 16.9. The Hall–Kier alpha value is -3.16. The molecule has 1 aromatic heterocycles. The van der Waals surface area contributed by atoms with Gasteiger partial charge < -0.3 is 14.5 Å². The molecular formula is C22H26N4O4. The number of carbonyl (C=O) groups is 1. The molecule has 0 radical (unpaired) electrons. The number of nitro groups is 1. The normalized spacial score (nSPS) is 17.6. The van der Waals surface area contributed by atoms with Crippen LogP contribution in [0.4, 0.5) is 11.5 Å². The van der Waals surface area contributed by atoms with Crippen LogP contribution in [0.1, 0.15) is 42.5 Å². The number of rotatable bonds is 5. The van der Waals surface area contributed by atoms with Gasteiger partial charge in [0.25, 0.3) is 11.6 Å². The average Bonchev–Trinajstić information content (AvgIpc) is 2.80. The summed E-state index contributed by atoms with van der Waals surface area (Å²) < 4.78 is 6.04. The van der Waals surface area contributed by atoms with E-state index in [9.17, 15) is 14.9 Å². The fourth-order valence-corrected chi connectivity index (χ4v) is 4.05. The van der Waals surface area contributed by atoms with Gasteiger partial charge in [0.2, 0.25) is 0 Å². The number of pyridine rings is 1. The summed E-state index contributed by atoms with van der Waals surface area (Å²) in [6, 6.07) is 10.6. The number of carbonyl (C=O) groups excluding carboxylic acids is 1. The van der Waals surface area contributed by atoms with E-state index in [1.165, 1.54) is 31.5 Å². The van der Waals surface area contributed by atoms with Gasteiger partial charge in [0.05, 0.1) is 11.0 Å². The van der Waals surface area contributed by atoms with Crippen molar-refractivity contribution in [1.82, 2.24) is 9.88 Å². The summed E-state index contributed by atoms with van der Waals surface area (Å²) in [7, 11) is 0. The second-order valence-corrected chi connectivity index (χ2v) is 7.81. The lowest BCUT2D eigenvalue weighted by Gasteiger charge is -2.35. The van der Waals surface area contributed by atoms with Crippen LogP contribution in [0.15, 0.2) is 42.6 Å². The fourth-order valence-electron chi connectivity index (χ4n) is 4.05. The van der Waals surface area contributed by atoms with E-state index in [1.54, 1.807) is 6.07 Å². The highest BCUT2D eigenvalue weighted by atomic mass is 16.6. The fraction of sp³-hybridized carbons (Fsp3) is 0.455. The smallest absolute Gasteiger partial charge is 0.287 e. The maximum atomic E-state index is 12.8. The molecule has 8 heteroatoms. The van der Waals surface area contributed by atoms with E-state index in [0.29, 0.717) is 43.7 Å². The lowest BCUT2D eigenvalue weighted by atomic mass is 9.98. The number of hydrogen-bond acceptors (Lipinski definition) is 6. The molecule has 8 nitrogen and oxygen atoms in total. The molecule has 1 amide bonds. The second kappa shape index (κ2) is 9.11. The van der Waals surface area contributed by atoms with Crippen LogP contribution >= 0.6 is 0 Å². The number of benzene rings is 1. The first kappa shape index (κ1) is 20.1. The van der Waals surface area contributed by atoms with Crippen LogP contribution in [0.2, 0.25) is 0 Å². The van der Waals surface area contributed by atoms with Gasteiger partial charge in [-0.05, 0) is 56.0 Å². The molecule has 1 aromatic carbocycles. The van der Waals surface area contributed by atoms with Gasteiger partial charge in [0.15, 0.2) is 0 Å². The van der Waals surface area contributed by atoms with E-state index in [-0.39, 0.29) is 11.6 Å². The lowest BCUT2D eigenvalue weighted by Crippen LogP contribution is -2.49. The zero-order chi connectivity index (χ0) is 20.9. The van der Waals surface area contributed by atoms with Gasteiger partial charge in [-0.1, -0.05) is 6.42 Å². The van der Waals surface area contributed by atoms with Crippen molar-refractivity contribution in [2.45, 2.75) is 38.2 Å². The van der Waals surface area contributed by atoms with Crippen molar-refractivity contribution >= 4 is 17.4 Å². The average molecular weight is 410 g/mol. The number of ether oxygens (including phenoxy) is 1. The highest BCUT2D eigenvalue weighted by molar-refractivity contribution is 5.94. The van der Waals surface area contributed by atoms with Gasteiger partial charge >= 0.3 is 0 Å². The third-order valence-electron chi connectivity index (χ3n) is 5.79. The molecule has 1 saturated heterocycles. The first-order valence-corrected chi connectivity index (χ1v) is 10.5. The molecule has 0 N–H and O–H groups in total. The molecule has 158 valence electrons. The van der Waals surface area contributed by atoms with Crippen molar-refractivity contribution in [1.29, 1.82) is 0 Å². The highest BCUT2D eigenvalue weighted by Crippen LogP contribution is 2.24. The van der Waals surface area contributed by atoms with Crippen molar-refractivity contribution < 1.29 is 14.5 Å². The molecule has 2 aromatic rings. The summed E-state index contributed by atoms with van der Waals surface area (Å²) in [5, 5.41) is 10.8. The standard InChI is InChI=1S/C22H26N4O4/c27-22(17-6-9-20(10-7-17)30-19-4-2-1-3-5-19)25-14-12-24(13-15-25)21-11-8-18(16-23-21)26(28)29/h6-11,16,19H,1-5,12-15H2. The number of hydrogen-bond donors (Lipinski definition) is 0. The third-order valence-corrected chi connectivity index (χ3v) is 5.79. The Morgan fingerprint density at radius 2 is 1.70 bits per heavy atom. The predicted octanol–water partition coefficient (Wildman–Crippen LogP) is 3.66. The van der Waals surface area contributed by atoms with Crippen LogP contribution in [0, 0.1) is 10.1 Å². The summed E-state index contributed by atoms with van der Waals surface area (Å²) >= 11 is 0. The van der Waals surface area contributed by atoms with Gasteiger partial charge in [-0.3, -0.25) is 14.9 Å². The van der Waals surface area contributed by atoms with E-state index in [1.807, 2.05) is 34.1 Å². The lowest BCUT2D eigenvalue weighted by molar-refractivity contribution is -0.385. The molecule has 1 aliphatic heterocycles. The number of nitrogens with zero attached hydrogens (tertiary/aromatic N) is 4. The van der Waals surface area contributed by atoms with Crippen LogP contribution in [-0.4, -0.2) is 53.0 Å². The van der Waals surface area contributed by atoms with E-state index >= 15 is 0 Å². The van der Waals surface area contributed by atoms with Gasteiger partial charge in [-0.15, -0.1) is 0 Å². The van der Waals surface area contributed by atoms with E-state index in [4.69, 9.17) is 4.74 Å². The molecular weight excluding hydrogens is 384 g/mol.